The molecule has 0 spiro atoms. The number of alkyl halides is 3. The lowest BCUT2D eigenvalue weighted by atomic mass is 9.96. The van der Waals surface area contributed by atoms with Gasteiger partial charge in [0, 0.05) is 7.11 Å². The quantitative estimate of drug-likeness (QED) is 0.0398. The third-order valence-electron chi connectivity index (χ3n) is 12.2. The predicted molar refractivity (Wildman–Crippen MR) is 261 cm³/mol. The molecule has 2 aliphatic rings. The SMILES string of the molecule is CO[C@H]1O[C@H](COCc2ccccc2)[C@@H](O[C@@H]2O[C@H](COCc3ccccc3)[C@@H](OCc3ccccc3)[C@H](OCc3ccccc3)[C@H]2OS(=O)(=O)C(F)(F)F)[C@H](OCc2ccccc2)[C@H]1OCc1ccccc1. The Morgan fingerprint density at radius 1 is 0.411 bits per heavy atom. The van der Waals surface area contributed by atoms with Crippen LogP contribution in [0.5, 0.6) is 0 Å². The number of rotatable bonds is 25. The standard InChI is InChI=1S/C56H59F3O13S/c1-62-54-52(68-37-45-30-18-7-19-31-45)51(67-36-44-28-16-6-17-29-44)49(47(69-54)39-64-33-41-22-10-3-11-23-41)71-55-53(72-73(60,61)56(57,58)59)50(66-35-43-26-14-5-15-27-43)48(65-34-42-24-12-4-13-25-42)46(70-55)38-63-32-40-20-8-2-9-21-40/h2-31,46-55H,32-39H2,1H3/t46-,47-,48-,49-,50+,51+,52-,53-,54+,55+/m1/s1. The maximum Gasteiger partial charge on any atom is 0.523 e. The summed E-state index contributed by atoms with van der Waals surface area (Å²) in [5.74, 6) is 0. The van der Waals surface area contributed by atoms with Crippen LogP contribution in [-0.2, 0) is 101 Å². The van der Waals surface area contributed by atoms with Gasteiger partial charge in [-0.15, -0.1) is 0 Å². The van der Waals surface area contributed by atoms with Crippen LogP contribution in [0.1, 0.15) is 33.4 Å². The first-order chi connectivity index (χ1) is 35.5. The summed E-state index contributed by atoms with van der Waals surface area (Å²) in [6.07, 6.45) is -14.0. The summed E-state index contributed by atoms with van der Waals surface area (Å²) in [6.45, 7) is -0.350. The molecule has 0 aromatic heterocycles. The van der Waals surface area contributed by atoms with Crippen molar-refractivity contribution >= 4 is 10.1 Å². The minimum absolute atomic E-state index is 0.00661. The van der Waals surface area contributed by atoms with Gasteiger partial charge in [-0.25, -0.2) is 0 Å². The smallest absolute Gasteiger partial charge is 0.374 e. The van der Waals surface area contributed by atoms with E-state index in [1.165, 1.54) is 7.11 Å². The fourth-order valence-electron chi connectivity index (χ4n) is 8.51. The topological polar surface area (TPSA) is 136 Å². The Labute approximate surface area is 424 Å². The molecule has 6 aromatic rings. The Morgan fingerprint density at radius 2 is 0.726 bits per heavy atom. The summed E-state index contributed by atoms with van der Waals surface area (Å²) in [4.78, 5) is 0. The average Bonchev–Trinajstić information content (AvgIpc) is 3.41. The van der Waals surface area contributed by atoms with Crippen LogP contribution in [-0.4, -0.2) is 95.7 Å². The third kappa shape index (κ3) is 15.4. The lowest BCUT2D eigenvalue weighted by molar-refractivity contribution is -0.369. The van der Waals surface area contributed by atoms with E-state index in [0.717, 1.165) is 22.3 Å². The molecular formula is C56H59F3O13S. The largest absolute Gasteiger partial charge is 0.523 e. The number of hydrogen-bond acceptors (Lipinski definition) is 13. The Kier molecular flexibility index (Phi) is 19.7. The molecular weight excluding hydrogens is 970 g/mol. The van der Waals surface area contributed by atoms with Gasteiger partial charge < -0.3 is 47.4 Å². The zero-order valence-electron chi connectivity index (χ0n) is 40.1. The monoisotopic (exact) mass is 1030 g/mol. The molecule has 13 nitrogen and oxygen atoms in total. The molecule has 17 heteroatoms. The molecule has 2 fully saturated rings. The summed E-state index contributed by atoms with van der Waals surface area (Å²) in [5.41, 5.74) is -1.29. The van der Waals surface area contributed by atoms with E-state index in [2.05, 4.69) is 0 Å². The second-order valence-corrected chi connectivity index (χ2v) is 19.0. The predicted octanol–water partition coefficient (Wildman–Crippen LogP) is 9.48. The lowest BCUT2D eigenvalue weighted by Crippen LogP contribution is -2.66. The van der Waals surface area contributed by atoms with Crippen molar-refractivity contribution in [2.75, 3.05) is 20.3 Å². The van der Waals surface area contributed by atoms with Crippen LogP contribution in [0, 0.1) is 0 Å². The minimum atomic E-state index is -6.39. The first-order valence-corrected chi connectivity index (χ1v) is 25.3. The van der Waals surface area contributed by atoms with E-state index in [-0.39, 0.29) is 52.9 Å². The van der Waals surface area contributed by atoms with Gasteiger partial charge in [-0.2, -0.15) is 21.6 Å². The van der Waals surface area contributed by atoms with Crippen LogP contribution in [0.2, 0.25) is 0 Å². The van der Waals surface area contributed by atoms with Crippen LogP contribution >= 0.6 is 0 Å². The summed E-state index contributed by atoms with van der Waals surface area (Å²) in [6, 6.07) is 55.2. The lowest BCUT2D eigenvalue weighted by Gasteiger charge is -2.49. The van der Waals surface area contributed by atoms with Crippen molar-refractivity contribution in [1.82, 2.24) is 0 Å². The third-order valence-corrected chi connectivity index (χ3v) is 13.2. The van der Waals surface area contributed by atoms with Gasteiger partial charge in [-0.1, -0.05) is 182 Å². The van der Waals surface area contributed by atoms with Crippen molar-refractivity contribution in [1.29, 1.82) is 0 Å². The molecule has 8 rings (SSSR count). The van der Waals surface area contributed by atoms with E-state index in [4.69, 9.17) is 51.6 Å². The van der Waals surface area contributed by atoms with Gasteiger partial charge >= 0.3 is 15.6 Å². The van der Waals surface area contributed by atoms with Gasteiger partial charge in [0.1, 0.15) is 42.7 Å². The molecule has 388 valence electrons. The van der Waals surface area contributed by atoms with Crippen molar-refractivity contribution in [3.8, 4) is 0 Å². The van der Waals surface area contributed by atoms with Crippen molar-refractivity contribution < 1.29 is 73.1 Å². The molecule has 0 unspecified atom stereocenters. The van der Waals surface area contributed by atoms with Crippen molar-refractivity contribution in [3.05, 3.63) is 215 Å². The fourth-order valence-corrected chi connectivity index (χ4v) is 9.11. The van der Waals surface area contributed by atoms with Gasteiger partial charge in [0.05, 0.1) is 52.9 Å². The number of methoxy groups -OCH3 is 1. The van der Waals surface area contributed by atoms with E-state index < -0.39 is 77.0 Å². The van der Waals surface area contributed by atoms with Crippen molar-refractivity contribution in [2.24, 2.45) is 0 Å². The average molecular weight is 1030 g/mol. The van der Waals surface area contributed by atoms with Crippen LogP contribution in [0.15, 0.2) is 182 Å². The first kappa shape index (κ1) is 53.9. The van der Waals surface area contributed by atoms with E-state index in [9.17, 15) is 21.6 Å². The Balaban J connectivity index is 1.22. The summed E-state index contributed by atoms with van der Waals surface area (Å²) >= 11 is 0. The zero-order chi connectivity index (χ0) is 50.9. The molecule has 6 aromatic carbocycles. The highest BCUT2D eigenvalue weighted by molar-refractivity contribution is 7.87. The highest BCUT2D eigenvalue weighted by Crippen LogP contribution is 2.38. The van der Waals surface area contributed by atoms with Crippen LogP contribution in [0.25, 0.3) is 0 Å². The van der Waals surface area contributed by atoms with Crippen LogP contribution in [0.3, 0.4) is 0 Å². The Bertz CT molecular complexity index is 2610. The number of halogens is 3. The molecule has 0 amide bonds. The number of benzene rings is 6. The molecule has 2 aliphatic heterocycles. The van der Waals surface area contributed by atoms with E-state index in [0.29, 0.717) is 11.1 Å². The molecule has 10 atom stereocenters. The van der Waals surface area contributed by atoms with Gasteiger partial charge in [0.2, 0.25) is 0 Å². The summed E-state index contributed by atoms with van der Waals surface area (Å²) < 4.78 is 141. The molecule has 0 N–H and O–H groups in total. The Morgan fingerprint density at radius 3 is 1.10 bits per heavy atom. The highest BCUT2D eigenvalue weighted by atomic mass is 32.2. The second-order valence-electron chi connectivity index (χ2n) is 17.4. The highest BCUT2D eigenvalue weighted by Gasteiger charge is 2.58. The van der Waals surface area contributed by atoms with Gasteiger partial charge in [0.15, 0.2) is 18.7 Å². The van der Waals surface area contributed by atoms with Crippen LogP contribution in [0.4, 0.5) is 13.2 Å². The van der Waals surface area contributed by atoms with Gasteiger partial charge in [0.25, 0.3) is 0 Å². The molecule has 0 aliphatic carbocycles. The fraction of sp³-hybridized carbons (Fsp3) is 0.357. The molecule has 0 bridgehead atoms. The maximum atomic E-state index is 14.7. The molecule has 2 heterocycles. The number of ether oxygens (including phenoxy) is 10. The normalized spacial score (nSPS) is 24.5. The van der Waals surface area contributed by atoms with Crippen molar-refractivity contribution in [2.45, 2.75) is 107 Å². The molecule has 0 radical (unpaired) electrons. The maximum absolute atomic E-state index is 14.7. The van der Waals surface area contributed by atoms with Crippen LogP contribution < -0.4 is 0 Å². The molecule has 0 saturated carbocycles. The van der Waals surface area contributed by atoms with Crippen molar-refractivity contribution in [3.63, 3.8) is 0 Å². The van der Waals surface area contributed by atoms with Gasteiger partial charge in [-0.3, -0.25) is 4.18 Å². The molecule has 2 saturated heterocycles. The molecule has 73 heavy (non-hydrogen) atoms. The minimum Gasteiger partial charge on any atom is -0.374 e. The number of hydrogen-bond donors (Lipinski definition) is 0. The second kappa shape index (κ2) is 26.7. The van der Waals surface area contributed by atoms with Gasteiger partial charge in [-0.05, 0) is 33.4 Å². The summed E-state index contributed by atoms with van der Waals surface area (Å²) in [5, 5.41) is 0. The van der Waals surface area contributed by atoms with E-state index in [1.807, 2.05) is 127 Å². The zero-order valence-corrected chi connectivity index (χ0v) is 40.9. The Hall–Kier alpha value is -5.38. The summed E-state index contributed by atoms with van der Waals surface area (Å²) in [7, 11) is -4.94. The van der Waals surface area contributed by atoms with E-state index in [1.54, 1.807) is 54.6 Å². The first-order valence-electron chi connectivity index (χ1n) is 23.9. The van der Waals surface area contributed by atoms with E-state index >= 15 is 0 Å².